The molecule has 0 heterocycles. The third kappa shape index (κ3) is 2.09. The van der Waals surface area contributed by atoms with Gasteiger partial charge >= 0.3 is 0 Å². The van der Waals surface area contributed by atoms with E-state index in [-0.39, 0.29) is 11.5 Å². The van der Waals surface area contributed by atoms with E-state index in [1.165, 1.54) is 31.3 Å². The van der Waals surface area contributed by atoms with Crippen LogP contribution in [0.4, 0.5) is 0 Å². The Morgan fingerprint density at radius 2 is 1.91 bits per heavy atom. The maximum Gasteiger partial charge on any atom is 0.0911 e. The zero-order valence-corrected chi connectivity index (χ0v) is 14.5. The summed E-state index contributed by atoms with van der Waals surface area (Å²) in [4.78, 5) is 0. The van der Waals surface area contributed by atoms with Gasteiger partial charge in [0.2, 0.25) is 0 Å². The van der Waals surface area contributed by atoms with Gasteiger partial charge in [0.25, 0.3) is 0 Å². The molecule has 23 heavy (non-hydrogen) atoms. The van der Waals surface area contributed by atoms with E-state index < -0.39 is 0 Å². The van der Waals surface area contributed by atoms with Gasteiger partial charge in [-0.1, -0.05) is 31.1 Å². The first-order chi connectivity index (χ1) is 11.0. The van der Waals surface area contributed by atoms with Crippen LogP contribution in [-0.4, -0.2) is 11.2 Å². The lowest BCUT2D eigenvalue weighted by Crippen LogP contribution is -2.49. The topological polar surface area (TPSA) is 44.0 Å². The highest BCUT2D eigenvalue weighted by molar-refractivity contribution is 5.31. The van der Waals surface area contributed by atoms with Crippen LogP contribution in [0.2, 0.25) is 0 Å². The van der Waals surface area contributed by atoms with Crippen molar-refractivity contribution in [3.05, 3.63) is 23.3 Å². The van der Waals surface area contributed by atoms with Crippen molar-refractivity contribution in [2.45, 2.75) is 71.3 Å². The molecule has 4 rings (SSSR count). The molecule has 0 spiro atoms. The summed E-state index contributed by atoms with van der Waals surface area (Å²) in [6, 6.07) is 2.30. The summed E-state index contributed by atoms with van der Waals surface area (Å²) in [5.41, 5.74) is 3.56. The summed E-state index contributed by atoms with van der Waals surface area (Å²) in [6.07, 6.45) is 13.4. The minimum atomic E-state index is -0.114. The zero-order valence-electron chi connectivity index (χ0n) is 14.5. The van der Waals surface area contributed by atoms with Crippen LogP contribution in [0.25, 0.3) is 0 Å². The first-order valence-electron chi connectivity index (χ1n) is 9.46. The van der Waals surface area contributed by atoms with Crippen LogP contribution >= 0.6 is 0 Å². The van der Waals surface area contributed by atoms with Crippen molar-refractivity contribution in [3.8, 4) is 6.07 Å². The second kappa shape index (κ2) is 5.21. The van der Waals surface area contributed by atoms with E-state index in [9.17, 15) is 5.11 Å². The van der Waals surface area contributed by atoms with Crippen molar-refractivity contribution < 1.29 is 5.11 Å². The van der Waals surface area contributed by atoms with Gasteiger partial charge in [0, 0.05) is 6.08 Å². The van der Waals surface area contributed by atoms with Gasteiger partial charge in [0.15, 0.2) is 0 Å². The molecular weight excluding hydrogens is 282 g/mol. The van der Waals surface area contributed by atoms with E-state index >= 15 is 0 Å². The van der Waals surface area contributed by atoms with Gasteiger partial charge in [0.1, 0.15) is 0 Å². The Morgan fingerprint density at radius 1 is 1.17 bits per heavy atom. The highest BCUT2D eigenvalue weighted by atomic mass is 16.3. The van der Waals surface area contributed by atoms with Crippen LogP contribution in [0.1, 0.15) is 65.2 Å². The smallest absolute Gasteiger partial charge is 0.0911 e. The Bertz CT molecular complexity index is 612. The van der Waals surface area contributed by atoms with Crippen molar-refractivity contribution in [2.75, 3.05) is 0 Å². The van der Waals surface area contributed by atoms with Gasteiger partial charge in [-0.2, -0.15) is 5.26 Å². The Kier molecular flexibility index (Phi) is 3.50. The van der Waals surface area contributed by atoms with Crippen LogP contribution in [-0.2, 0) is 0 Å². The molecule has 0 aromatic heterocycles. The number of hydrogen-bond acceptors (Lipinski definition) is 2. The van der Waals surface area contributed by atoms with E-state index in [4.69, 9.17) is 5.26 Å². The molecule has 3 saturated carbocycles. The Balaban J connectivity index is 1.68. The fourth-order valence-corrected chi connectivity index (χ4v) is 6.80. The summed E-state index contributed by atoms with van der Waals surface area (Å²) in [6.45, 7) is 4.90. The number of nitrogens with zero attached hydrogens (tertiary/aromatic N) is 1. The minimum absolute atomic E-state index is 0.114. The Morgan fingerprint density at radius 3 is 2.70 bits per heavy atom. The van der Waals surface area contributed by atoms with E-state index in [0.717, 1.165) is 43.4 Å². The second-order valence-corrected chi connectivity index (χ2v) is 8.95. The molecule has 0 aliphatic heterocycles. The lowest BCUT2D eigenvalue weighted by Gasteiger charge is -2.57. The van der Waals surface area contributed by atoms with Crippen LogP contribution in [0.15, 0.2) is 23.3 Å². The van der Waals surface area contributed by atoms with Crippen LogP contribution < -0.4 is 0 Å². The molecule has 4 aliphatic carbocycles. The molecule has 0 bridgehead atoms. The molecule has 0 aromatic rings. The van der Waals surface area contributed by atoms with E-state index in [1.807, 2.05) is 6.08 Å². The highest BCUT2D eigenvalue weighted by Gasteiger charge is 2.57. The van der Waals surface area contributed by atoms with Crippen LogP contribution in [0, 0.1) is 39.9 Å². The Hall–Kier alpha value is -1.07. The third-order valence-corrected chi connectivity index (χ3v) is 8.16. The molecule has 6 atom stereocenters. The number of nitriles is 1. The molecule has 1 N–H and O–H groups in total. The molecule has 124 valence electrons. The van der Waals surface area contributed by atoms with Crippen molar-refractivity contribution in [3.63, 3.8) is 0 Å². The normalized spacial score (nSPS) is 50.5. The average Bonchev–Trinajstić information content (AvgIpc) is 2.85. The molecule has 0 amide bonds. The zero-order chi connectivity index (χ0) is 16.2. The average molecular weight is 311 g/mol. The number of hydrogen-bond donors (Lipinski definition) is 1. The van der Waals surface area contributed by atoms with Gasteiger partial charge in [-0.15, -0.1) is 0 Å². The third-order valence-electron chi connectivity index (χ3n) is 8.16. The van der Waals surface area contributed by atoms with Gasteiger partial charge in [-0.05, 0) is 80.0 Å². The quantitative estimate of drug-likeness (QED) is 0.518. The standard InChI is InChI=1S/C21H29NO/c1-20-11-8-19-17(18(20)6-4-14(20)9-12-22)5-3-15-13-16(23)7-10-21(15,19)2/h3,9,16-19,23H,4-8,10-11,13H2,1-2H3/t16?,17-,18-,19+,20+,21-/m0/s1. The van der Waals surface area contributed by atoms with Crippen molar-refractivity contribution in [1.29, 1.82) is 5.26 Å². The lowest BCUT2D eigenvalue weighted by atomic mass is 9.48. The van der Waals surface area contributed by atoms with Crippen LogP contribution in [0.3, 0.4) is 0 Å². The lowest BCUT2D eigenvalue weighted by molar-refractivity contribution is -0.0268. The van der Waals surface area contributed by atoms with Crippen LogP contribution in [0.5, 0.6) is 0 Å². The number of aliphatic hydroxyl groups is 1. The molecule has 2 nitrogen and oxygen atoms in total. The molecule has 0 saturated heterocycles. The summed E-state index contributed by atoms with van der Waals surface area (Å²) in [7, 11) is 0. The van der Waals surface area contributed by atoms with E-state index in [0.29, 0.717) is 5.41 Å². The predicted molar refractivity (Wildman–Crippen MR) is 91.4 cm³/mol. The first-order valence-corrected chi connectivity index (χ1v) is 9.46. The summed E-state index contributed by atoms with van der Waals surface area (Å²) in [5.74, 6) is 2.32. The van der Waals surface area contributed by atoms with E-state index in [1.54, 1.807) is 5.57 Å². The largest absolute Gasteiger partial charge is 0.393 e. The second-order valence-electron chi connectivity index (χ2n) is 8.95. The summed E-state index contributed by atoms with van der Waals surface area (Å²) < 4.78 is 0. The Labute approximate surface area is 140 Å². The fraction of sp³-hybridized carbons (Fsp3) is 0.762. The van der Waals surface area contributed by atoms with Crippen molar-refractivity contribution >= 4 is 0 Å². The van der Waals surface area contributed by atoms with Crippen molar-refractivity contribution in [2.24, 2.45) is 28.6 Å². The molecule has 1 unspecified atom stereocenters. The number of rotatable bonds is 0. The van der Waals surface area contributed by atoms with Gasteiger partial charge < -0.3 is 5.11 Å². The highest BCUT2D eigenvalue weighted by Crippen LogP contribution is 2.66. The molecule has 0 radical (unpaired) electrons. The molecular formula is C21H29NO. The molecule has 3 fully saturated rings. The number of fused-ring (bicyclic) bond motifs is 5. The van der Waals surface area contributed by atoms with Gasteiger partial charge in [0.05, 0.1) is 12.2 Å². The summed E-state index contributed by atoms with van der Waals surface area (Å²) >= 11 is 0. The maximum absolute atomic E-state index is 10.1. The van der Waals surface area contributed by atoms with Gasteiger partial charge in [-0.3, -0.25) is 0 Å². The molecule has 2 heteroatoms. The SMILES string of the molecule is C[C@]12CCC(O)CC1=CC[C@@H]1[C@H]2CC[C@]2(C)C(=CC#N)CC[C@@H]12. The van der Waals surface area contributed by atoms with E-state index in [2.05, 4.69) is 26.0 Å². The minimum Gasteiger partial charge on any atom is -0.393 e. The first kappa shape index (κ1) is 15.5. The molecule has 4 aliphatic rings. The number of aliphatic hydroxyl groups excluding tert-OH is 1. The summed E-state index contributed by atoms with van der Waals surface area (Å²) in [5, 5.41) is 19.2. The van der Waals surface area contributed by atoms with Gasteiger partial charge in [-0.25, -0.2) is 0 Å². The fourth-order valence-electron chi connectivity index (χ4n) is 6.80. The van der Waals surface area contributed by atoms with Crippen molar-refractivity contribution in [1.82, 2.24) is 0 Å². The predicted octanol–water partition coefficient (Wildman–Crippen LogP) is 4.76. The maximum atomic E-state index is 10.1. The molecule has 0 aromatic carbocycles. The monoisotopic (exact) mass is 311 g/mol. The number of allylic oxidation sites excluding steroid dienone is 3.